The van der Waals surface area contributed by atoms with Crippen LogP contribution in [0.2, 0.25) is 0 Å². The van der Waals surface area contributed by atoms with Crippen molar-refractivity contribution in [3.8, 4) is 0 Å². The first kappa shape index (κ1) is 16.7. The van der Waals surface area contributed by atoms with Crippen molar-refractivity contribution in [3.63, 3.8) is 0 Å². The average molecular weight is 325 g/mol. The first-order valence-electron chi connectivity index (χ1n) is 8.83. The number of aryl methyl sites for hydroxylation is 3. The summed E-state index contributed by atoms with van der Waals surface area (Å²) in [4.78, 5) is 14.9. The summed E-state index contributed by atoms with van der Waals surface area (Å²) in [5.74, 6) is 0.267. The Morgan fingerprint density at radius 1 is 1.25 bits per heavy atom. The maximum absolute atomic E-state index is 12.8. The summed E-state index contributed by atoms with van der Waals surface area (Å²) in [6, 6.07) is 8.69. The van der Waals surface area contributed by atoms with Gasteiger partial charge in [-0.2, -0.15) is 5.10 Å². The minimum atomic E-state index is 0.245. The molecular formula is C20H27N3O. The lowest BCUT2D eigenvalue weighted by Crippen LogP contribution is -2.31. The maximum Gasteiger partial charge on any atom is 0.223 e. The molecule has 1 aliphatic heterocycles. The Balaban J connectivity index is 1.71. The molecule has 1 aromatic carbocycles. The van der Waals surface area contributed by atoms with E-state index >= 15 is 0 Å². The van der Waals surface area contributed by atoms with Gasteiger partial charge in [-0.3, -0.25) is 9.48 Å². The molecule has 4 nitrogen and oxygen atoms in total. The number of benzene rings is 1. The summed E-state index contributed by atoms with van der Waals surface area (Å²) >= 11 is 0. The zero-order chi connectivity index (χ0) is 17.3. The van der Waals surface area contributed by atoms with E-state index in [9.17, 15) is 4.79 Å². The van der Waals surface area contributed by atoms with Gasteiger partial charge in [0, 0.05) is 25.7 Å². The topological polar surface area (TPSA) is 38.1 Å². The molecule has 0 saturated carbocycles. The van der Waals surface area contributed by atoms with Crippen molar-refractivity contribution in [1.82, 2.24) is 14.7 Å². The van der Waals surface area contributed by atoms with Gasteiger partial charge in [0.05, 0.1) is 11.7 Å². The molecule has 2 aromatic rings. The van der Waals surface area contributed by atoms with E-state index in [1.54, 1.807) is 0 Å². The van der Waals surface area contributed by atoms with Crippen molar-refractivity contribution >= 4 is 5.91 Å². The first-order valence-corrected chi connectivity index (χ1v) is 8.83. The highest BCUT2D eigenvalue weighted by Crippen LogP contribution is 2.34. The molecule has 0 spiro atoms. The molecule has 2 heterocycles. The van der Waals surface area contributed by atoms with Gasteiger partial charge >= 0.3 is 0 Å². The number of carbonyl (C=O) groups excluding carboxylic acids is 1. The van der Waals surface area contributed by atoms with Gasteiger partial charge in [0.25, 0.3) is 0 Å². The quantitative estimate of drug-likeness (QED) is 0.861. The Labute approximate surface area is 144 Å². The molecule has 128 valence electrons. The second kappa shape index (κ2) is 6.80. The van der Waals surface area contributed by atoms with Crippen molar-refractivity contribution in [2.24, 2.45) is 7.05 Å². The molecular weight excluding hydrogens is 298 g/mol. The van der Waals surface area contributed by atoms with Gasteiger partial charge in [-0.25, -0.2) is 0 Å². The summed E-state index contributed by atoms with van der Waals surface area (Å²) in [5, 5.41) is 4.45. The second-order valence-electron chi connectivity index (χ2n) is 6.87. The van der Waals surface area contributed by atoms with Gasteiger partial charge in [0.2, 0.25) is 5.91 Å². The molecule has 1 aromatic heterocycles. The summed E-state index contributed by atoms with van der Waals surface area (Å²) in [5.41, 5.74) is 6.01. The number of carbonyl (C=O) groups is 1. The molecule has 24 heavy (non-hydrogen) atoms. The fraction of sp³-hybridized carbons (Fsp3) is 0.500. The number of rotatable bonds is 4. The molecule has 0 bridgehead atoms. The Hall–Kier alpha value is -2.10. The molecule has 0 N–H and O–H groups in total. The highest BCUT2D eigenvalue weighted by atomic mass is 16.2. The third kappa shape index (κ3) is 3.10. The van der Waals surface area contributed by atoms with Crippen LogP contribution in [0.15, 0.2) is 24.3 Å². The Morgan fingerprint density at radius 2 is 2.00 bits per heavy atom. The Bertz CT molecular complexity index is 747. The van der Waals surface area contributed by atoms with Gasteiger partial charge in [0.1, 0.15) is 0 Å². The van der Waals surface area contributed by atoms with E-state index in [1.165, 1.54) is 16.7 Å². The highest BCUT2D eigenvalue weighted by Gasteiger charge is 2.30. The SMILES string of the molecule is Cc1ccccc1[C@@H]1CCCN1C(=O)CCc1c(C)nn(C)c1C. The molecule has 1 fully saturated rings. The van der Waals surface area contributed by atoms with Crippen LogP contribution in [0.1, 0.15) is 53.4 Å². The van der Waals surface area contributed by atoms with E-state index < -0.39 is 0 Å². The van der Waals surface area contributed by atoms with Crippen molar-refractivity contribution in [3.05, 3.63) is 52.3 Å². The molecule has 0 aliphatic carbocycles. The largest absolute Gasteiger partial charge is 0.336 e. The molecule has 0 radical (unpaired) electrons. The van der Waals surface area contributed by atoms with E-state index in [-0.39, 0.29) is 11.9 Å². The number of amides is 1. The summed E-state index contributed by atoms with van der Waals surface area (Å²) < 4.78 is 1.90. The molecule has 1 atom stereocenters. The zero-order valence-corrected chi connectivity index (χ0v) is 15.2. The lowest BCUT2D eigenvalue weighted by Gasteiger charge is -2.26. The number of hydrogen-bond acceptors (Lipinski definition) is 2. The first-order chi connectivity index (χ1) is 11.5. The predicted molar refractivity (Wildman–Crippen MR) is 95.9 cm³/mol. The third-order valence-corrected chi connectivity index (χ3v) is 5.37. The molecule has 3 rings (SSSR count). The Morgan fingerprint density at radius 3 is 2.67 bits per heavy atom. The van der Waals surface area contributed by atoms with Gasteiger partial charge in [-0.15, -0.1) is 0 Å². The number of nitrogens with zero attached hydrogens (tertiary/aromatic N) is 3. The summed E-state index contributed by atoms with van der Waals surface area (Å²) in [6.45, 7) is 7.12. The van der Waals surface area contributed by atoms with Gasteiger partial charge < -0.3 is 4.90 Å². The van der Waals surface area contributed by atoms with Crippen LogP contribution < -0.4 is 0 Å². The van der Waals surface area contributed by atoms with Crippen molar-refractivity contribution in [1.29, 1.82) is 0 Å². The van der Waals surface area contributed by atoms with Gasteiger partial charge in [-0.05, 0) is 56.7 Å². The number of likely N-dealkylation sites (tertiary alicyclic amines) is 1. The van der Waals surface area contributed by atoms with E-state index in [4.69, 9.17) is 0 Å². The third-order valence-electron chi connectivity index (χ3n) is 5.37. The smallest absolute Gasteiger partial charge is 0.223 e. The monoisotopic (exact) mass is 325 g/mol. The van der Waals surface area contributed by atoms with E-state index in [0.29, 0.717) is 6.42 Å². The van der Waals surface area contributed by atoms with Crippen molar-refractivity contribution in [2.45, 2.75) is 52.5 Å². The molecule has 1 aliphatic rings. The molecule has 1 saturated heterocycles. The van der Waals surface area contributed by atoms with Crippen LogP contribution in [0.5, 0.6) is 0 Å². The van der Waals surface area contributed by atoms with Crippen LogP contribution in [-0.2, 0) is 18.3 Å². The average Bonchev–Trinajstić information content (AvgIpc) is 3.12. The molecule has 1 amide bonds. The van der Waals surface area contributed by atoms with Gasteiger partial charge in [0.15, 0.2) is 0 Å². The summed E-state index contributed by atoms with van der Waals surface area (Å²) in [6.07, 6.45) is 3.51. The molecule has 4 heteroatoms. The Kier molecular flexibility index (Phi) is 4.74. The zero-order valence-electron chi connectivity index (χ0n) is 15.2. The highest BCUT2D eigenvalue weighted by molar-refractivity contribution is 5.77. The predicted octanol–water partition coefficient (Wildman–Crippen LogP) is 3.64. The normalized spacial score (nSPS) is 17.5. The number of hydrogen-bond donors (Lipinski definition) is 0. The maximum atomic E-state index is 12.8. The van der Waals surface area contributed by atoms with Crippen LogP contribution in [0.3, 0.4) is 0 Å². The molecule has 0 unspecified atom stereocenters. The number of aromatic nitrogens is 2. The van der Waals surface area contributed by atoms with Crippen molar-refractivity contribution < 1.29 is 4.79 Å². The van der Waals surface area contributed by atoms with Crippen LogP contribution in [0, 0.1) is 20.8 Å². The minimum absolute atomic E-state index is 0.245. The van der Waals surface area contributed by atoms with Crippen LogP contribution >= 0.6 is 0 Å². The van der Waals surface area contributed by atoms with Crippen LogP contribution in [0.4, 0.5) is 0 Å². The second-order valence-corrected chi connectivity index (χ2v) is 6.87. The lowest BCUT2D eigenvalue weighted by molar-refractivity contribution is -0.132. The van der Waals surface area contributed by atoms with Crippen LogP contribution in [-0.4, -0.2) is 27.1 Å². The summed E-state index contributed by atoms with van der Waals surface area (Å²) in [7, 11) is 1.96. The lowest BCUT2D eigenvalue weighted by atomic mass is 9.99. The standard InChI is InChI=1S/C20H27N3O/c1-14-8-5-6-9-17(14)19-10-7-13-23(19)20(24)12-11-18-15(2)21-22(4)16(18)3/h5-6,8-9,19H,7,10-13H2,1-4H3/t19-/m0/s1. The van der Waals surface area contributed by atoms with Gasteiger partial charge in [-0.1, -0.05) is 24.3 Å². The van der Waals surface area contributed by atoms with E-state index in [0.717, 1.165) is 37.2 Å². The van der Waals surface area contributed by atoms with Crippen LogP contribution in [0.25, 0.3) is 0 Å². The fourth-order valence-corrected chi connectivity index (χ4v) is 3.90. The minimum Gasteiger partial charge on any atom is -0.336 e. The van der Waals surface area contributed by atoms with E-state index in [1.807, 2.05) is 18.7 Å². The van der Waals surface area contributed by atoms with E-state index in [2.05, 4.69) is 48.1 Å². The van der Waals surface area contributed by atoms with Crippen molar-refractivity contribution in [2.75, 3.05) is 6.54 Å². The fourth-order valence-electron chi connectivity index (χ4n) is 3.90.